The van der Waals surface area contributed by atoms with Crippen molar-refractivity contribution in [3.63, 3.8) is 0 Å². The molecule has 1 aliphatic rings. The number of thiophene rings is 1. The Morgan fingerprint density at radius 2 is 2.43 bits per heavy atom. The van der Waals surface area contributed by atoms with Crippen molar-refractivity contribution in [2.24, 2.45) is 0 Å². The van der Waals surface area contributed by atoms with E-state index in [0.717, 1.165) is 36.4 Å². The molecular weight excluding hydrogens is 196 g/mol. The molecule has 0 radical (unpaired) electrons. The molecule has 1 aliphatic heterocycles. The third-order valence-corrected chi connectivity index (χ3v) is 3.42. The van der Waals surface area contributed by atoms with Gasteiger partial charge < -0.3 is 0 Å². The van der Waals surface area contributed by atoms with Gasteiger partial charge in [-0.2, -0.15) is 0 Å². The zero-order valence-electron chi connectivity index (χ0n) is 8.25. The Balaban J connectivity index is 2.11. The molecule has 4 heteroatoms. The van der Waals surface area contributed by atoms with Crippen molar-refractivity contribution < 1.29 is 4.79 Å². The SMILES string of the molecule is Cc1ccsc1C(=O)N1CCCCN1. The first-order valence-electron chi connectivity index (χ1n) is 4.88. The maximum absolute atomic E-state index is 12.0. The molecule has 1 saturated heterocycles. The topological polar surface area (TPSA) is 32.3 Å². The summed E-state index contributed by atoms with van der Waals surface area (Å²) in [5.41, 5.74) is 4.20. The fourth-order valence-corrected chi connectivity index (χ4v) is 2.45. The highest BCUT2D eigenvalue weighted by atomic mass is 32.1. The first kappa shape index (κ1) is 9.68. The van der Waals surface area contributed by atoms with Crippen LogP contribution < -0.4 is 5.43 Å². The largest absolute Gasteiger partial charge is 0.278 e. The van der Waals surface area contributed by atoms with Crippen LogP contribution in [0.25, 0.3) is 0 Å². The highest BCUT2D eigenvalue weighted by Crippen LogP contribution is 2.18. The van der Waals surface area contributed by atoms with Gasteiger partial charge in [0, 0.05) is 13.1 Å². The molecule has 3 nitrogen and oxygen atoms in total. The van der Waals surface area contributed by atoms with Crippen LogP contribution >= 0.6 is 11.3 Å². The summed E-state index contributed by atoms with van der Waals surface area (Å²) >= 11 is 1.52. The van der Waals surface area contributed by atoms with Crippen LogP contribution in [0.15, 0.2) is 11.4 Å². The maximum atomic E-state index is 12.0. The summed E-state index contributed by atoms with van der Waals surface area (Å²) in [5.74, 6) is 0.122. The average molecular weight is 210 g/mol. The smallest absolute Gasteiger partial charge is 0.273 e. The van der Waals surface area contributed by atoms with E-state index in [0.29, 0.717) is 0 Å². The molecule has 2 heterocycles. The van der Waals surface area contributed by atoms with Gasteiger partial charge in [0.2, 0.25) is 0 Å². The van der Waals surface area contributed by atoms with Crippen LogP contribution in [0.5, 0.6) is 0 Å². The van der Waals surface area contributed by atoms with E-state index in [1.54, 1.807) is 5.01 Å². The molecule has 0 spiro atoms. The quantitative estimate of drug-likeness (QED) is 0.766. The van der Waals surface area contributed by atoms with E-state index in [9.17, 15) is 4.79 Å². The van der Waals surface area contributed by atoms with E-state index >= 15 is 0 Å². The Hall–Kier alpha value is -0.870. The average Bonchev–Trinajstić information content (AvgIpc) is 2.65. The van der Waals surface area contributed by atoms with E-state index in [2.05, 4.69) is 5.43 Å². The summed E-state index contributed by atoms with van der Waals surface area (Å²) in [6.45, 7) is 3.72. The molecule has 0 saturated carbocycles. The van der Waals surface area contributed by atoms with E-state index < -0.39 is 0 Å². The van der Waals surface area contributed by atoms with Gasteiger partial charge in [-0.25, -0.2) is 5.43 Å². The number of nitrogens with zero attached hydrogens (tertiary/aromatic N) is 1. The lowest BCUT2D eigenvalue weighted by molar-refractivity contribution is 0.0615. The number of amides is 1. The lowest BCUT2D eigenvalue weighted by Crippen LogP contribution is -2.46. The van der Waals surface area contributed by atoms with Crippen molar-refractivity contribution >= 4 is 17.2 Å². The Morgan fingerprint density at radius 3 is 3.00 bits per heavy atom. The van der Waals surface area contributed by atoms with Crippen molar-refractivity contribution in [3.05, 3.63) is 21.9 Å². The van der Waals surface area contributed by atoms with E-state index in [4.69, 9.17) is 0 Å². The number of carbonyl (C=O) groups is 1. The summed E-state index contributed by atoms with van der Waals surface area (Å²) in [6.07, 6.45) is 2.26. The van der Waals surface area contributed by atoms with Crippen LogP contribution in [0, 0.1) is 6.92 Å². The number of nitrogens with one attached hydrogen (secondary N) is 1. The highest BCUT2D eigenvalue weighted by Gasteiger charge is 2.20. The highest BCUT2D eigenvalue weighted by molar-refractivity contribution is 7.12. The molecule has 1 aromatic heterocycles. The predicted octanol–water partition coefficient (Wildman–Crippen LogP) is 1.80. The summed E-state index contributed by atoms with van der Waals surface area (Å²) < 4.78 is 0. The Kier molecular flexibility index (Phi) is 2.84. The van der Waals surface area contributed by atoms with E-state index in [1.807, 2.05) is 18.4 Å². The van der Waals surface area contributed by atoms with Crippen molar-refractivity contribution in [3.8, 4) is 0 Å². The number of hydrogen-bond acceptors (Lipinski definition) is 3. The van der Waals surface area contributed by atoms with Crippen molar-refractivity contribution in [2.45, 2.75) is 19.8 Å². The summed E-state index contributed by atoms with van der Waals surface area (Å²) in [4.78, 5) is 12.8. The Labute approximate surface area is 87.7 Å². The first-order valence-corrected chi connectivity index (χ1v) is 5.76. The maximum Gasteiger partial charge on any atom is 0.278 e. The van der Waals surface area contributed by atoms with Gasteiger partial charge in [0.1, 0.15) is 0 Å². The summed E-state index contributed by atoms with van der Waals surface area (Å²) in [5, 5.41) is 3.70. The standard InChI is InChI=1S/C10H14N2OS/c1-8-4-7-14-9(8)10(13)12-6-3-2-5-11-12/h4,7,11H,2-3,5-6H2,1H3. The van der Waals surface area contributed by atoms with Gasteiger partial charge >= 0.3 is 0 Å². The van der Waals surface area contributed by atoms with Crippen LogP contribution in [0.2, 0.25) is 0 Å². The number of rotatable bonds is 1. The number of carbonyl (C=O) groups excluding carboxylic acids is 1. The minimum absolute atomic E-state index is 0.122. The molecule has 0 aliphatic carbocycles. The molecule has 0 aromatic carbocycles. The van der Waals surface area contributed by atoms with Crippen molar-refractivity contribution in [1.82, 2.24) is 10.4 Å². The number of hydrogen-bond donors (Lipinski definition) is 1. The normalized spacial score (nSPS) is 17.1. The van der Waals surface area contributed by atoms with Crippen LogP contribution in [0.3, 0.4) is 0 Å². The third kappa shape index (κ3) is 1.81. The van der Waals surface area contributed by atoms with Gasteiger partial charge in [0.05, 0.1) is 4.88 Å². The lowest BCUT2D eigenvalue weighted by Gasteiger charge is -2.27. The molecule has 76 valence electrons. The van der Waals surface area contributed by atoms with Crippen molar-refractivity contribution in [2.75, 3.05) is 13.1 Å². The second kappa shape index (κ2) is 4.11. The monoisotopic (exact) mass is 210 g/mol. The molecule has 14 heavy (non-hydrogen) atoms. The van der Waals surface area contributed by atoms with Gasteiger partial charge in [-0.15, -0.1) is 11.3 Å². The van der Waals surface area contributed by atoms with E-state index in [-0.39, 0.29) is 5.91 Å². The molecule has 1 N–H and O–H groups in total. The fourth-order valence-electron chi connectivity index (χ4n) is 1.58. The molecular formula is C10H14N2OS. The summed E-state index contributed by atoms with van der Waals surface area (Å²) in [6, 6.07) is 1.99. The van der Waals surface area contributed by atoms with Crippen LogP contribution in [-0.4, -0.2) is 24.0 Å². The number of hydrazine groups is 1. The first-order chi connectivity index (χ1) is 6.79. The van der Waals surface area contributed by atoms with Gasteiger partial charge in [-0.05, 0) is 36.8 Å². The second-order valence-electron chi connectivity index (χ2n) is 3.50. The molecule has 1 amide bonds. The van der Waals surface area contributed by atoms with Crippen LogP contribution in [-0.2, 0) is 0 Å². The molecule has 1 fully saturated rings. The molecule has 2 rings (SSSR count). The zero-order chi connectivity index (χ0) is 9.97. The minimum atomic E-state index is 0.122. The second-order valence-corrected chi connectivity index (χ2v) is 4.42. The van der Waals surface area contributed by atoms with Gasteiger partial charge in [0.15, 0.2) is 0 Å². The lowest BCUT2D eigenvalue weighted by atomic mass is 10.2. The van der Waals surface area contributed by atoms with Gasteiger partial charge in [-0.1, -0.05) is 0 Å². The van der Waals surface area contributed by atoms with Crippen LogP contribution in [0.1, 0.15) is 28.1 Å². The Bertz CT molecular complexity index is 329. The Morgan fingerprint density at radius 1 is 1.57 bits per heavy atom. The third-order valence-electron chi connectivity index (χ3n) is 2.41. The summed E-state index contributed by atoms with van der Waals surface area (Å²) in [7, 11) is 0. The van der Waals surface area contributed by atoms with E-state index in [1.165, 1.54) is 11.3 Å². The zero-order valence-corrected chi connectivity index (χ0v) is 9.06. The number of aryl methyl sites for hydroxylation is 1. The minimum Gasteiger partial charge on any atom is -0.273 e. The van der Waals surface area contributed by atoms with Gasteiger partial charge in [0.25, 0.3) is 5.91 Å². The molecule has 1 aromatic rings. The molecule has 0 bridgehead atoms. The fraction of sp³-hybridized carbons (Fsp3) is 0.500. The van der Waals surface area contributed by atoms with Crippen LogP contribution in [0.4, 0.5) is 0 Å². The predicted molar refractivity (Wildman–Crippen MR) is 57.3 cm³/mol. The molecule has 0 unspecified atom stereocenters. The van der Waals surface area contributed by atoms with Crippen molar-refractivity contribution in [1.29, 1.82) is 0 Å². The van der Waals surface area contributed by atoms with Gasteiger partial charge in [-0.3, -0.25) is 9.80 Å². The molecule has 0 atom stereocenters.